The van der Waals surface area contributed by atoms with Crippen molar-refractivity contribution < 1.29 is 0 Å². The van der Waals surface area contributed by atoms with Gasteiger partial charge in [-0.2, -0.15) is 11.8 Å². The van der Waals surface area contributed by atoms with Gasteiger partial charge in [-0.15, -0.1) is 0 Å². The van der Waals surface area contributed by atoms with Gasteiger partial charge in [-0.05, 0) is 36.4 Å². The van der Waals surface area contributed by atoms with E-state index in [1.165, 1.54) is 23.3 Å². The van der Waals surface area contributed by atoms with Crippen molar-refractivity contribution >= 4 is 11.8 Å². The van der Waals surface area contributed by atoms with Crippen molar-refractivity contribution in [3.8, 4) is 0 Å². The highest BCUT2D eigenvalue weighted by Crippen LogP contribution is 2.25. The quantitative estimate of drug-likeness (QED) is 0.780. The van der Waals surface area contributed by atoms with Crippen molar-refractivity contribution in [2.24, 2.45) is 5.41 Å². The lowest BCUT2D eigenvalue weighted by molar-refractivity contribution is 0.292. The van der Waals surface area contributed by atoms with Gasteiger partial charge < -0.3 is 5.32 Å². The third kappa shape index (κ3) is 6.01. The molecule has 1 rings (SSSR count). The van der Waals surface area contributed by atoms with E-state index in [0.717, 1.165) is 12.3 Å². The van der Waals surface area contributed by atoms with Crippen LogP contribution in [-0.2, 0) is 5.75 Å². The minimum Gasteiger partial charge on any atom is -0.313 e. The van der Waals surface area contributed by atoms with Gasteiger partial charge in [-0.1, -0.05) is 52.0 Å². The normalized spacial score (nSPS) is 13.5. The zero-order valence-corrected chi connectivity index (χ0v) is 13.9. The van der Waals surface area contributed by atoms with Crippen LogP contribution >= 0.6 is 11.8 Å². The van der Waals surface area contributed by atoms with Crippen molar-refractivity contribution in [2.75, 3.05) is 12.3 Å². The number of aryl methyl sites for hydroxylation is 1. The summed E-state index contributed by atoms with van der Waals surface area (Å²) in [6.07, 6.45) is 1.20. The Hall–Kier alpha value is -0.470. The Morgan fingerprint density at radius 2 is 1.89 bits per heavy atom. The fourth-order valence-corrected chi connectivity index (χ4v) is 3.51. The fourth-order valence-electron chi connectivity index (χ4n) is 1.99. The molecule has 0 aliphatic carbocycles. The van der Waals surface area contributed by atoms with E-state index in [2.05, 4.69) is 64.2 Å². The molecule has 0 spiro atoms. The number of benzene rings is 1. The minimum atomic E-state index is 0.327. The average Bonchev–Trinajstić information content (AvgIpc) is 2.34. The molecule has 2 heteroatoms. The monoisotopic (exact) mass is 279 g/mol. The Bertz CT molecular complexity index is 368. The molecule has 0 aliphatic rings. The van der Waals surface area contributed by atoms with Crippen LogP contribution in [0, 0.1) is 12.3 Å². The number of thioether (sulfide) groups is 1. The second kappa shape index (κ2) is 7.96. The van der Waals surface area contributed by atoms with E-state index in [1.807, 2.05) is 11.8 Å². The van der Waals surface area contributed by atoms with Gasteiger partial charge in [-0.3, -0.25) is 0 Å². The molecular formula is C17H29NS. The number of nitrogens with one attached hydrogen (secondary N) is 1. The number of rotatable bonds is 7. The molecule has 0 saturated heterocycles. The Labute approximate surface area is 123 Å². The Kier molecular flexibility index (Phi) is 6.95. The van der Waals surface area contributed by atoms with Gasteiger partial charge in [0.2, 0.25) is 0 Å². The summed E-state index contributed by atoms with van der Waals surface area (Å²) in [5, 5.41) is 3.69. The highest BCUT2D eigenvalue weighted by Gasteiger charge is 2.23. The molecule has 0 amide bonds. The second-order valence-electron chi connectivity index (χ2n) is 6.31. The van der Waals surface area contributed by atoms with Crippen LogP contribution in [0.1, 0.15) is 45.2 Å². The Balaban J connectivity index is 2.46. The van der Waals surface area contributed by atoms with Crippen LogP contribution in [0.4, 0.5) is 0 Å². The highest BCUT2D eigenvalue weighted by molar-refractivity contribution is 7.98. The van der Waals surface area contributed by atoms with Gasteiger partial charge in [0, 0.05) is 17.5 Å². The van der Waals surface area contributed by atoms with Gasteiger partial charge in [0.1, 0.15) is 0 Å². The summed E-state index contributed by atoms with van der Waals surface area (Å²) in [6.45, 7) is 12.5. The zero-order valence-electron chi connectivity index (χ0n) is 13.1. The Morgan fingerprint density at radius 3 is 2.47 bits per heavy atom. The molecule has 1 N–H and O–H groups in total. The lowest BCUT2D eigenvalue weighted by atomic mass is 9.88. The van der Waals surface area contributed by atoms with E-state index in [-0.39, 0.29) is 0 Å². The van der Waals surface area contributed by atoms with Gasteiger partial charge >= 0.3 is 0 Å². The van der Waals surface area contributed by atoms with E-state index in [9.17, 15) is 0 Å². The van der Waals surface area contributed by atoms with Crippen LogP contribution in [0.3, 0.4) is 0 Å². The van der Waals surface area contributed by atoms with E-state index in [0.29, 0.717) is 11.5 Å². The van der Waals surface area contributed by atoms with E-state index in [4.69, 9.17) is 0 Å². The summed E-state index contributed by atoms with van der Waals surface area (Å²) >= 11 is 2.04. The summed E-state index contributed by atoms with van der Waals surface area (Å²) < 4.78 is 0. The molecule has 0 aliphatic heterocycles. The van der Waals surface area contributed by atoms with Crippen molar-refractivity contribution in [3.05, 3.63) is 35.4 Å². The first-order chi connectivity index (χ1) is 8.95. The third-order valence-corrected chi connectivity index (χ3v) is 4.57. The van der Waals surface area contributed by atoms with Crippen LogP contribution in [0.2, 0.25) is 0 Å². The van der Waals surface area contributed by atoms with Gasteiger partial charge in [0.15, 0.2) is 0 Å². The van der Waals surface area contributed by atoms with Gasteiger partial charge in [0.25, 0.3) is 0 Å². The molecule has 108 valence electrons. The third-order valence-electron chi connectivity index (χ3n) is 3.49. The van der Waals surface area contributed by atoms with Crippen LogP contribution in [0.25, 0.3) is 0 Å². The van der Waals surface area contributed by atoms with Crippen LogP contribution in [-0.4, -0.2) is 18.3 Å². The molecular weight excluding hydrogens is 250 g/mol. The lowest BCUT2D eigenvalue weighted by Gasteiger charge is -2.31. The molecule has 0 saturated carbocycles. The largest absolute Gasteiger partial charge is 0.313 e. The summed E-state index contributed by atoms with van der Waals surface area (Å²) in [5.74, 6) is 2.30. The molecule has 0 fully saturated rings. The van der Waals surface area contributed by atoms with Crippen molar-refractivity contribution in [1.82, 2.24) is 5.32 Å². The topological polar surface area (TPSA) is 12.0 Å². The molecule has 19 heavy (non-hydrogen) atoms. The first-order valence-electron chi connectivity index (χ1n) is 7.30. The molecule has 0 radical (unpaired) electrons. The minimum absolute atomic E-state index is 0.327. The predicted octanol–water partition coefficient (Wildman–Crippen LogP) is 4.64. The number of hydrogen-bond acceptors (Lipinski definition) is 2. The molecule has 1 aromatic rings. The molecule has 1 unspecified atom stereocenters. The maximum atomic E-state index is 3.69. The molecule has 1 atom stereocenters. The van der Waals surface area contributed by atoms with Crippen molar-refractivity contribution in [1.29, 1.82) is 0 Å². The molecule has 0 aromatic heterocycles. The summed E-state index contributed by atoms with van der Waals surface area (Å²) in [6, 6.07) is 9.28. The summed E-state index contributed by atoms with van der Waals surface area (Å²) in [4.78, 5) is 0. The van der Waals surface area contributed by atoms with Crippen molar-refractivity contribution in [3.63, 3.8) is 0 Å². The zero-order chi connectivity index (χ0) is 14.3. The van der Waals surface area contributed by atoms with Gasteiger partial charge in [0.05, 0.1) is 0 Å². The second-order valence-corrected chi connectivity index (χ2v) is 7.34. The van der Waals surface area contributed by atoms with Gasteiger partial charge in [-0.25, -0.2) is 0 Å². The molecule has 0 bridgehead atoms. The first-order valence-corrected chi connectivity index (χ1v) is 8.46. The van der Waals surface area contributed by atoms with E-state index in [1.54, 1.807) is 0 Å². The number of hydrogen-bond donors (Lipinski definition) is 1. The maximum Gasteiger partial charge on any atom is 0.0206 e. The molecule has 1 nitrogen and oxygen atoms in total. The fraction of sp³-hybridized carbons (Fsp3) is 0.647. The maximum absolute atomic E-state index is 3.69. The first kappa shape index (κ1) is 16.6. The van der Waals surface area contributed by atoms with E-state index >= 15 is 0 Å². The van der Waals surface area contributed by atoms with Crippen LogP contribution < -0.4 is 5.32 Å². The average molecular weight is 279 g/mol. The van der Waals surface area contributed by atoms with Crippen molar-refractivity contribution in [2.45, 2.75) is 52.8 Å². The van der Waals surface area contributed by atoms with Crippen LogP contribution in [0.15, 0.2) is 24.3 Å². The molecule has 1 aromatic carbocycles. The Morgan fingerprint density at radius 1 is 1.21 bits per heavy atom. The SMILES string of the molecule is CCCNC(CSCc1ccccc1C)C(C)(C)C. The summed E-state index contributed by atoms with van der Waals surface area (Å²) in [5.41, 5.74) is 3.20. The predicted molar refractivity (Wildman–Crippen MR) is 88.9 cm³/mol. The molecule has 0 heterocycles. The highest BCUT2D eigenvalue weighted by atomic mass is 32.2. The summed E-state index contributed by atoms with van der Waals surface area (Å²) in [7, 11) is 0. The van der Waals surface area contributed by atoms with Crippen LogP contribution in [0.5, 0.6) is 0 Å². The van der Waals surface area contributed by atoms with E-state index < -0.39 is 0 Å². The smallest absolute Gasteiger partial charge is 0.0206 e. The lowest BCUT2D eigenvalue weighted by Crippen LogP contribution is -2.42. The standard InChI is InChI=1S/C17H29NS/c1-6-11-18-16(17(3,4)5)13-19-12-15-10-8-7-9-14(15)2/h7-10,16,18H,6,11-13H2,1-5H3.